The number of allylic oxidation sites excluding steroid dienone is 2. The van der Waals surface area contributed by atoms with Gasteiger partial charge < -0.3 is 4.74 Å². The number of fused-ring (bicyclic) bond motifs is 5. The molecule has 0 aromatic heterocycles. The zero-order chi connectivity index (χ0) is 17.6. The molecule has 1 heterocycles. The fraction of sp³-hybridized carbons (Fsp3) is 0.0952. The van der Waals surface area contributed by atoms with Gasteiger partial charge in [-0.3, -0.25) is 0 Å². The molecular weight excluding hydrogens is 310 g/mol. The summed E-state index contributed by atoms with van der Waals surface area (Å²) in [7, 11) is 0. The molecule has 0 unspecified atom stereocenters. The highest BCUT2D eigenvalue weighted by atomic mass is 16.5. The van der Waals surface area contributed by atoms with Gasteiger partial charge in [0.25, 0.3) is 0 Å². The lowest BCUT2D eigenvalue weighted by Gasteiger charge is -2.28. The Morgan fingerprint density at radius 1 is 0.880 bits per heavy atom. The molecule has 2 aliphatic rings. The highest BCUT2D eigenvalue weighted by Crippen LogP contribution is 2.58. The summed E-state index contributed by atoms with van der Waals surface area (Å²) in [5.74, 6) is 0.0662. The second-order valence-electron chi connectivity index (χ2n) is 5.91. The Hall–Kier alpha value is -3.81. The van der Waals surface area contributed by atoms with E-state index in [0.717, 1.165) is 22.3 Å². The third-order valence-electron chi connectivity index (χ3n) is 4.85. The summed E-state index contributed by atoms with van der Waals surface area (Å²) in [5, 5.41) is 28.2. The quantitative estimate of drug-likeness (QED) is 0.685. The fourth-order valence-corrected chi connectivity index (χ4v) is 3.77. The Balaban J connectivity index is 2.13. The van der Waals surface area contributed by atoms with Crippen LogP contribution in [0.3, 0.4) is 0 Å². The smallest absolute Gasteiger partial charge is 0.183 e. The molecule has 4 rings (SSSR count). The highest BCUT2D eigenvalue weighted by molar-refractivity contribution is 5.84. The number of hydrogen-bond acceptors (Lipinski definition) is 4. The van der Waals surface area contributed by atoms with Crippen LogP contribution < -0.4 is 0 Å². The Morgan fingerprint density at radius 2 is 1.40 bits per heavy atom. The summed E-state index contributed by atoms with van der Waals surface area (Å²) in [6.45, 7) is 1.83. The van der Waals surface area contributed by atoms with Crippen molar-refractivity contribution in [2.75, 3.05) is 0 Å². The molecule has 2 aromatic carbocycles. The van der Waals surface area contributed by atoms with Gasteiger partial charge in [-0.25, -0.2) is 0 Å². The number of rotatable bonds is 0. The maximum absolute atomic E-state index is 9.65. The lowest BCUT2D eigenvalue weighted by molar-refractivity contribution is 0.0975. The van der Waals surface area contributed by atoms with Crippen LogP contribution in [0.25, 0.3) is 11.1 Å². The maximum Gasteiger partial charge on any atom is 0.183 e. The van der Waals surface area contributed by atoms with Crippen LogP contribution in [0.4, 0.5) is 0 Å². The Kier molecular flexibility index (Phi) is 3.01. The van der Waals surface area contributed by atoms with Gasteiger partial charge in [0.2, 0.25) is 0 Å². The van der Waals surface area contributed by atoms with E-state index in [1.807, 2.05) is 67.6 Å². The van der Waals surface area contributed by atoms with Crippen LogP contribution in [-0.4, -0.2) is 0 Å². The first kappa shape index (κ1) is 14.8. The van der Waals surface area contributed by atoms with Crippen LogP contribution in [-0.2, 0) is 10.3 Å². The van der Waals surface area contributed by atoms with Gasteiger partial charge in [-0.15, -0.1) is 0 Å². The Bertz CT molecular complexity index is 1060. The topological polar surface area (TPSA) is 80.6 Å². The SMILES string of the molecule is CC1=C(C#N)C(=C(C#N)C#N)OC12c1ccccc1-c1ccccc12. The normalized spacial score (nSPS) is 15.7. The molecule has 0 N–H and O–H groups in total. The van der Waals surface area contributed by atoms with Gasteiger partial charge in [-0.05, 0) is 18.1 Å². The second kappa shape index (κ2) is 5.10. The molecule has 1 spiro atoms. The van der Waals surface area contributed by atoms with Gasteiger partial charge in [0.15, 0.2) is 16.9 Å². The van der Waals surface area contributed by atoms with E-state index in [0.29, 0.717) is 5.57 Å². The largest absolute Gasteiger partial charge is 0.470 e. The predicted molar refractivity (Wildman–Crippen MR) is 90.3 cm³/mol. The molecule has 1 aliphatic heterocycles. The minimum Gasteiger partial charge on any atom is -0.470 e. The number of hydrogen-bond donors (Lipinski definition) is 0. The molecule has 4 heteroatoms. The van der Waals surface area contributed by atoms with Crippen LogP contribution in [0.1, 0.15) is 18.1 Å². The number of nitrogens with zero attached hydrogens (tertiary/aromatic N) is 3. The van der Waals surface area contributed by atoms with Crippen LogP contribution in [0, 0.1) is 34.0 Å². The predicted octanol–water partition coefficient (Wildman–Crippen LogP) is 4.08. The first-order valence-electron chi connectivity index (χ1n) is 7.73. The van der Waals surface area contributed by atoms with E-state index in [-0.39, 0.29) is 16.9 Å². The van der Waals surface area contributed by atoms with Crippen molar-refractivity contribution in [3.8, 4) is 29.3 Å². The van der Waals surface area contributed by atoms with Crippen molar-refractivity contribution in [3.05, 3.63) is 82.1 Å². The molecule has 116 valence electrons. The minimum atomic E-state index is -0.966. The standard InChI is InChI=1S/C21H11N3O/c1-13-17(12-24)20(14(10-22)11-23)25-21(13)18-8-4-2-6-15(18)16-7-3-5-9-19(16)21/h2-9H,1H3. The Labute approximate surface area is 145 Å². The fourth-order valence-electron chi connectivity index (χ4n) is 3.77. The summed E-state index contributed by atoms with van der Waals surface area (Å²) in [6.07, 6.45) is 0. The average Bonchev–Trinajstić information content (AvgIpc) is 3.11. The lowest BCUT2D eigenvalue weighted by atomic mass is 9.84. The van der Waals surface area contributed by atoms with Gasteiger partial charge >= 0.3 is 0 Å². The van der Waals surface area contributed by atoms with Crippen LogP contribution in [0.2, 0.25) is 0 Å². The van der Waals surface area contributed by atoms with Crippen molar-refractivity contribution >= 4 is 0 Å². The van der Waals surface area contributed by atoms with Gasteiger partial charge in [-0.2, -0.15) is 15.8 Å². The molecule has 1 aliphatic carbocycles. The van der Waals surface area contributed by atoms with Crippen LogP contribution in [0.5, 0.6) is 0 Å². The number of benzene rings is 2. The molecule has 0 radical (unpaired) electrons. The molecule has 0 atom stereocenters. The summed E-state index contributed by atoms with van der Waals surface area (Å²) in [5.41, 5.74) is 3.72. The average molecular weight is 321 g/mol. The molecule has 2 aromatic rings. The first-order chi connectivity index (χ1) is 12.2. The van der Waals surface area contributed by atoms with Crippen LogP contribution >= 0.6 is 0 Å². The molecule has 4 nitrogen and oxygen atoms in total. The maximum atomic E-state index is 9.65. The molecule has 0 bridgehead atoms. The van der Waals surface area contributed by atoms with Crippen LogP contribution in [0.15, 0.2) is 71.0 Å². The van der Waals surface area contributed by atoms with E-state index in [2.05, 4.69) is 6.07 Å². The zero-order valence-corrected chi connectivity index (χ0v) is 13.4. The summed E-state index contributed by atoms with van der Waals surface area (Å²) < 4.78 is 6.26. The third kappa shape index (κ3) is 1.67. The molecule has 0 saturated heterocycles. The third-order valence-corrected chi connectivity index (χ3v) is 4.85. The van der Waals surface area contributed by atoms with Crippen molar-refractivity contribution in [1.82, 2.24) is 0 Å². The van der Waals surface area contributed by atoms with E-state index in [9.17, 15) is 15.8 Å². The van der Waals surface area contributed by atoms with Gasteiger partial charge in [0.1, 0.15) is 18.2 Å². The highest BCUT2D eigenvalue weighted by Gasteiger charge is 2.53. The molecule has 25 heavy (non-hydrogen) atoms. The molecular formula is C21H11N3O. The summed E-state index contributed by atoms with van der Waals surface area (Å²) in [4.78, 5) is 0. The van der Waals surface area contributed by atoms with Gasteiger partial charge in [-0.1, -0.05) is 48.5 Å². The Morgan fingerprint density at radius 3 is 1.88 bits per heavy atom. The monoisotopic (exact) mass is 321 g/mol. The number of nitriles is 3. The van der Waals surface area contributed by atoms with Crippen molar-refractivity contribution in [3.63, 3.8) is 0 Å². The number of ether oxygens (including phenoxy) is 1. The van der Waals surface area contributed by atoms with Crippen molar-refractivity contribution in [1.29, 1.82) is 15.8 Å². The van der Waals surface area contributed by atoms with E-state index in [4.69, 9.17) is 4.74 Å². The van der Waals surface area contributed by atoms with E-state index in [1.165, 1.54) is 0 Å². The minimum absolute atomic E-state index is 0.0662. The van der Waals surface area contributed by atoms with Crippen molar-refractivity contribution in [2.45, 2.75) is 12.5 Å². The lowest BCUT2D eigenvalue weighted by Crippen LogP contribution is -2.26. The first-order valence-corrected chi connectivity index (χ1v) is 7.73. The van der Waals surface area contributed by atoms with Crippen molar-refractivity contribution < 1.29 is 4.74 Å². The molecule has 0 saturated carbocycles. The van der Waals surface area contributed by atoms with Crippen molar-refractivity contribution in [2.24, 2.45) is 0 Å². The summed E-state index contributed by atoms with van der Waals surface area (Å²) in [6, 6.07) is 21.5. The second-order valence-corrected chi connectivity index (χ2v) is 5.91. The molecule has 0 amide bonds. The van der Waals surface area contributed by atoms with Gasteiger partial charge in [0, 0.05) is 16.7 Å². The van der Waals surface area contributed by atoms with E-state index in [1.54, 1.807) is 0 Å². The van der Waals surface area contributed by atoms with Gasteiger partial charge in [0.05, 0.1) is 5.57 Å². The zero-order valence-electron chi connectivity index (χ0n) is 13.4. The molecule has 0 fully saturated rings. The van der Waals surface area contributed by atoms with E-state index < -0.39 is 5.60 Å². The summed E-state index contributed by atoms with van der Waals surface area (Å²) >= 11 is 0. The van der Waals surface area contributed by atoms with E-state index >= 15 is 0 Å².